The number of nitrogens with zero attached hydrogens (tertiary/aromatic N) is 3. The molecule has 112 valence electrons. The van der Waals surface area contributed by atoms with Gasteiger partial charge in [-0.1, -0.05) is 17.7 Å². The van der Waals surface area contributed by atoms with Crippen molar-refractivity contribution in [1.82, 2.24) is 4.98 Å². The number of halogens is 1. The highest BCUT2D eigenvalue weighted by molar-refractivity contribution is 6.29. The normalized spacial score (nSPS) is 13.0. The van der Waals surface area contributed by atoms with Crippen LogP contribution in [0.25, 0.3) is 0 Å². The average molecular weight is 318 g/mol. The number of fused-ring (bicyclic) bond motifs is 1. The zero-order valence-corrected chi connectivity index (χ0v) is 12.3. The summed E-state index contributed by atoms with van der Waals surface area (Å²) in [5.41, 5.74) is 2.41. The molecular weight excluding hydrogens is 306 g/mol. The van der Waals surface area contributed by atoms with E-state index in [4.69, 9.17) is 11.6 Å². The van der Waals surface area contributed by atoms with Crippen molar-refractivity contribution in [2.75, 3.05) is 11.4 Å². The highest BCUT2D eigenvalue weighted by Gasteiger charge is 2.26. The minimum absolute atomic E-state index is 0.0509. The Bertz CT molecular complexity index is 746. The number of carbonyl (C=O) groups is 1. The molecule has 1 aromatic heterocycles. The second-order valence-electron chi connectivity index (χ2n) is 5.03. The summed E-state index contributed by atoms with van der Waals surface area (Å²) < 4.78 is 0. The van der Waals surface area contributed by atoms with Crippen LogP contribution in [0.4, 0.5) is 11.4 Å². The summed E-state index contributed by atoms with van der Waals surface area (Å²) >= 11 is 5.72. The summed E-state index contributed by atoms with van der Waals surface area (Å²) in [5.74, 6) is -0.0586. The molecule has 1 aromatic carbocycles. The zero-order chi connectivity index (χ0) is 15.7. The number of hydrogen-bond donors (Lipinski definition) is 0. The summed E-state index contributed by atoms with van der Waals surface area (Å²) in [7, 11) is 0. The molecule has 0 radical (unpaired) electrons. The van der Waals surface area contributed by atoms with Crippen LogP contribution in [0.2, 0.25) is 5.15 Å². The van der Waals surface area contributed by atoms with Gasteiger partial charge >= 0.3 is 0 Å². The van der Waals surface area contributed by atoms with E-state index in [2.05, 4.69) is 4.98 Å². The Morgan fingerprint density at radius 3 is 2.86 bits per heavy atom. The summed E-state index contributed by atoms with van der Waals surface area (Å²) in [5, 5.41) is 11.2. The predicted molar refractivity (Wildman–Crippen MR) is 82.1 cm³/mol. The van der Waals surface area contributed by atoms with Crippen LogP contribution in [0.15, 0.2) is 36.5 Å². The molecule has 1 amide bonds. The van der Waals surface area contributed by atoms with E-state index in [0.29, 0.717) is 18.1 Å². The van der Waals surface area contributed by atoms with Gasteiger partial charge in [0.25, 0.3) is 5.69 Å². The van der Waals surface area contributed by atoms with Crippen LogP contribution in [0.1, 0.15) is 11.1 Å². The standard InChI is InChI=1S/C15H12ClN3O3/c16-14-4-1-10(9-17-14)7-15(20)18-6-5-11-8-12(19(21)22)2-3-13(11)18/h1-4,8-9H,5-7H2. The van der Waals surface area contributed by atoms with Crippen LogP contribution in [-0.2, 0) is 17.6 Å². The van der Waals surface area contributed by atoms with E-state index in [9.17, 15) is 14.9 Å². The molecule has 2 aromatic rings. The van der Waals surface area contributed by atoms with E-state index in [-0.39, 0.29) is 18.0 Å². The number of amides is 1. The molecule has 1 aliphatic heterocycles. The lowest BCUT2D eigenvalue weighted by atomic mass is 10.1. The van der Waals surface area contributed by atoms with Gasteiger partial charge in [-0.05, 0) is 29.7 Å². The first-order valence-corrected chi connectivity index (χ1v) is 7.10. The van der Waals surface area contributed by atoms with Crippen molar-refractivity contribution >= 4 is 28.9 Å². The largest absolute Gasteiger partial charge is 0.312 e. The first-order chi connectivity index (χ1) is 10.5. The van der Waals surface area contributed by atoms with Gasteiger partial charge in [-0.25, -0.2) is 4.98 Å². The topological polar surface area (TPSA) is 76.3 Å². The first-order valence-electron chi connectivity index (χ1n) is 6.73. The third-order valence-corrected chi connectivity index (χ3v) is 3.84. The summed E-state index contributed by atoms with van der Waals surface area (Å²) in [6.45, 7) is 0.538. The number of carbonyl (C=O) groups excluding carboxylic acids is 1. The van der Waals surface area contributed by atoms with Gasteiger partial charge in [0.2, 0.25) is 5.91 Å². The van der Waals surface area contributed by atoms with Crippen LogP contribution in [0.5, 0.6) is 0 Å². The fraction of sp³-hybridized carbons (Fsp3) is 0.200. The van der Waals surface area contributed by atoms with E-state index in [1.54, 1.807) is 29.3 Å². The smallest absolute Gasteiger partial charge is 0.269 e. The van der Waals surface area contributed by atoms with Crippen LogP contribution in [0.3, 0.4) is 0 Å². The number of rotatable bonds is 3. The first kappa shape index (κ1) is 14.5. The number of benzene rings is 1. The van der Waals surface area contributed by atoms with Crippen LogP contribution < -0.4 is 4.90 Å². The van der Waals surface area contributed by atoms with E-state index in [1.165, 1.54) is 12.1 Å². The monoisotopic (exact) mass is 317 g/mol. The van der Waals surface area contributed by atoms with Crippen molar-refractivity contribution in [3.63, 3.8) is 0 Å². The van der Waals surface area contributed by atoms with E-state index in [0.717, 1.165) is 16.8 Å². The summed E-state index contributed by atoms with van der Waals surface area (Å²) in [4.78, 5) is 28.4. The lowest BCUT2D eigenvalue weighted by Gasteiger charge is -2.17. The SMILES string of the molecule is O=C(Cc1ccc(Cl)nc1)N1CCc2cc([N+](=O)[O-])ccc21. The second kappa shape index (κ2) is 5.73. The molecule has 0 bridgehead atoms. The second-order valence-corrected chi connectivity index (χ2v) is 5.42. The van der Waals surface area contributed by atoms with Gasteiger partial charge in [0.1, 0.15) is 5.15 Å². The molecule has 7 heteroatoms. The number of hydrogen-bond acceptors (Lipinski definition) is 4. The Labute approximate surface area is 131 Å². The average Bonchev–Trinajstić information content (AvgIpc) is 2.92. The van der Waals surface area contributed by atoms with Crippen LogP contribution in [-0.4, -0.2) is 22.4 Å². The molecule has 3 rings (SSSR count). The number of nitro benzene ring substituents is 1. The molecule has 0 aliphatic carbocycles. The Morgan fingerprint density at radius 1 is 1.36 bits per heavy atom. The molecule has 0 atom stereocenters. The number of non-ortho nitro benzene ring substituents is 1. The van der Waals surface area contributed by atoms with E-state index >= 15 is 0 Å². The maximum atomic E-state index is 12.4. The molecule has 1 aliphatic rings. The highest BCUT2D eigenvalue weighted by Crippen LogP contribution is 2.31. The predicted octanol–water partition coefficient (Wildman–Crippen LogP) is 2.78. The molecule has 2 heterocycles. The molecule has 0 N–H and O–H groups in total. The van der Waals surface area contributed by atoms with Gasteiger partial charge in [0, 0.05) is 30.6 Å². The molecule has 0 saturated carbocycles. The van der Waals surface area contributed by atoms with Crippen molar-refractivity contribution in [3.8, 4) is 0 Å². The lowest BCUT2D eigenvalue weighted by molar-refractivity contribution is -0.384. The molecule has 0 spiro atoms. The Balaban J connectivity index is 1.79. The molecule has 0 fully saturated rings. The van der Waals surface area contributed by atoms with Gasteiger partial charge in [0.15, 0.2) is 0 Å². The molecule has 22 heavy (non-hydrogen) atoms. The number of anilines is 1. The molecule has 0 saturated heterocycles. The maximum absolute atomic E-state index is 12.4. The fourth-order valence-corrected chi connectivity index (χ4v) is 2.65. The maximum Gasteiger partial charge on any atom is 0.269 e. The van der Waals surface area contributed by atoms with Crippen molar-refractivity contribution in [2.45, 2.75) is 12.8 Å². The Morgan fingerprint density at radius 2 is 2.18 bits per heavy atom. The van der Waals surface area contributed by atoms with E-state index < -0.39 is 4.92 Å². The minimum Gasteiger partial charge on any atom is -0.312 e. The zero-order valence-electron chi connectivity index (χ0n) is 11.5. The summed E-state index contributed by atoms with van der Waals surface area (Å²) in [6.07, 6.45) is 2.43. The molecule has 6 nitrogen and oxygen atoms in total. The molecule has 0 unspecified atom stereocenters. The lowest BCUT2D eigenvalue weighted by Crippen LogP contribution is -2.30. The summed E-state index contributed by atoms with van der Waals surface area (Å²) in [6, 6.07) is 8.00. The Kier molecular flexibility index (Phi) is 3.77. The van der Waals surface area contributed by atoms with Crippen molar-refractivity contribution in [2.24, 2.45) is 0 Å². The molecular formula is C15H12ClN3O3. The van der Waals surface area contributed by atoms with Gasteiger partial charge in [0.05, 0.1) is 11.3 Å². The minimum atomic E-state index is -0.426. The third-order valence-electron chi connectivity index (χ3n) is 3.61. The van der Waals surface area contributed by atoms with Gasteiger partial charge < -0.3 is 4.90 Å². The van der Waals surface area contributed by atoms with Crippen molar-refractivity contribution < 1.29 is 9.72 Å². The van der Waals surface area contributed by atoms with E-state index in [1.807, 2.05) is 0 Å². The van der Waals surface area contributed by atoms with Gasteiger partial charge in [-0.2, -0.15) is 0 Å². The van der Waals surface area contributed by atoms with Crippen LogP contribution in [0, 0.1) is 10.1 Å². The fourth-order valence-electron chi connectivity index (χ4n) is 2.54. The highest BCUT2D eigenvalue weighted by atomic mass is 35.5. The number of nitro groups is 1. The van der Waals surface area contributed by atoms with Gasteiger partial charge in [-0.3, -0.25) is 14.9 Å². The Hall–Kier alpha value is -2.47. The number of pyridine rings is 1. The number of aromatic nitrogens is 1. The van der Waals surface area contributed by atoms with Crippen molar-refractivity contribution in [1.29, 1.82) is 0 Å². The van der Waals surface area contributed by atoms with Crippen LogP contribution >= 0.6 is 11.6 Å². The quantitative estimate of drug-likeness (QED) is 0.495. The third kappa shape index (κ3) is 2.78. The van der Waals surface area contributed by atoms with Gasteiger partial charge in [-0.15, -0.1) is 0 Å². The van der Waals surface area contributed by atoms with Crippen molar-refractivity contribution in [3.05, 3.63) is 62.9 Å².